The Labute approximate surface area is 139 Å². The third kappa shape index (κ3) is 3.17. The van der Waals surface area contributed by atoms with Gasteiger partial charge in [0.2, 0.25) is 0 Å². The van der Waals surface area contributed by atoms with Gasteiger partial charge in [-0.2, -0.15) is 0 Å². The van der Waals surface area contributed by atoms with Crippen LogP contribution in [0.5, 0.6) is 0 Å². The number of hydrogen-bond donors (Lipinski definition) is 1. The molecule has 0 aliphatic heterocycles. The maximum absolute atomic E-state index is 4.62. The zero-order valence-electron chi connectivity index (χ0n) is 13.1. The van der Waals surface area contributed by atoms with Gasteiger partial charge in [0.05, 0.1) is 5.39 Å². The molecule has 3 aromatic heterocycles. The first kappa shape index (κ1) is 14.5. The van der Waals surface area contributed by atoms with Crippen LogP contribution >= 0.6 is 11.3 Å². The highest BCUT2D eigenvalue weighted by molar-refractivity contribution is 7.16. The number of nitrogens with one attached hydrogen (secondary N) is 1. The predicted octanol–water partition coefficient (Wildman–Crippen LogP) is 3.58. The minimum Gasteiger partial charge on any atom is -0.369 e. The lowest BCUT2D eigenvalue weighted by Crippen LogP contribution is -2.09. The number of rotatable bonds is 6. The van der Waals surface area contributed by atoms with Gasteiger partial charge in [-0.1, -0.05) is 6.92 Å². The Morgan fingerprint density at radius 2 is 2.04 bits per heavy atom. The van der Waals surface area contributed by atoms with Gasteiger partial charge in [-0.25, -0.2) is 19.9 Å². The van der Waals surface area contributed by atoms with Crippen LogP contribution < -0.4 is 5.32 Å². The molecular formula is C17H19N5S. The smallest absolute Gasteiger partial charge is 0.138 e. The summed E-state index contributed by atoms with van der Waals surface area (Å²) in [4.78, 5) is 19.2. The van der Waals surface area contributed by atoms with Crippen LogP contribution in [0.15, 0.2) is 23.8 Å². The van der Waals surface area contributed by atoms with E-state index in [4.69, 9.17) is 0 Å². The molecule has 1 aliphatic rings. The number of anilines is 1. The van der Waals surface area contributed by atoms with Gasteiger partial charge in [0, 0.05) is 31.3 Å². The maximum atomic E-state index is 4.62. The summed E-state index contributed by atoms with van der Waals surface area (Å²) < 4.78 is 0. The largest absolute Gasteiger partial charge is 0.369 e. The summed E-state index contributed by atoms with van der Waals surface area (Å²) in [7, 11) is 0. The SMILES string of the molecule is CCc1nc(NCCc2cnc(C3CC3)nc2)c2ccsc2n1. The minimum absolute atomic E-state index is 0.613. The number of nitrogens with zero attached hydrogens (tertiary/aromatic N) is 4. The van der Waals surface area contributed by atoms with Crippen LogP contribution in [0.3, 0.4) is 0 Å². The fourth-order valence-corrected chi connectivity index (χ4v) is 3.35. The Balaban J connectivity index is 1.43. The topological polar surface area (TPSA) is 63.6 Å². The zero-order chi connectivity index (χ0) is 15.6. The van der Waals surface area contributed by atoms with E-state index in [1.54, 1.807) is 11.3 Å². The van der Waals surface area contributed by atoms with E-state index in [0.717, 1.165) is 52.6 Å². The number of fused-ring (bicyclic) bond motifs is 1. The van der Waals surface area contributed by atoms with Crippen molar-refractivity contribution in [3.63, 3.8) is 0 Å². The van der Waals surface area contributed by atoms with Crippen LogP contribution in [-0.4, -0.2) is 26.5 Å². The first-order valence-electron chi connectivity index (χ1n) is 8.12. The van der Waals surface area contributed by atoms with Gasteiger partial charge in [-0.05, 0) is 36.3 Å². The zero-order valence-corrected chi connectivity index (χ0v) is 13.9. The van der Waals surface area contributed by atoms with E-state index in [-0.39, 0.29) is 0 Å². The van der Waals surface area contributed by atoms with Crippen LogP contribution in [0.2, 0.25) is 0 Å². The molecule has 23 heavy (non-hydrogen) atoms. The summed E-state index contributed by atoms with van der Waals surface area (Å²) in [5, 5.41) is 6.61. The first-order chi connectivity index (χ1) is 11.3. The van der Waals surface area contributed by atoms with E-state index in [1.807, 2.05) is 12.4 Å². The molecule has 1 fully saturated rings. The summed E-state index contributed by atoms with van der Waals surface area (Å²) >= 11 is 1.66. The van der Waals surface area contributed by atoms with Crippen molar-refractivity contribution in [2.75, 3.05) is 11.9 Å². The molecular weight excluding hydrogens is 306 g/mol. The fraction of sp³-hybridized carbons (Fsp3) is 0.412. The van der Waals surface area contributed by atoms with Crippen LogP contribution in [-0.2, 0) is 12.8 Å². The maximum Gasteiger partial charge on any atom is 0.138 e. The molecule has 0 saturated heterocycles. The van der Waals surface area contributed by atoms with Crippen LogP contribution in [0.1, 0.15) is 42.9 Å². The quantitative estimate of drug-likeness (QED) is 0.750. The van der Waals surface area contributed by atoms with E-state index in [9.17, 15) is 0 Å². The predicted molar refractivity (Wildman–Crippen MR) is 93.0 cm³/mol. The molecule has 0 bridgehead atoms. The van der Waals surface area contributed by atoms with Gasteiger partial charge < -0.3 is 5.32 Å². The molecule has 0 spiro atoms. The molecule has 4 rings (SSSR count). The number of hydrogen-bond acceptors (Lipinski definition) is 6. The van der Waals surface area contributed by atoms with Gasteiger partial charge in [0.25, 0.3) is 0 Å². The molecule has 3 heterocycles. The lowest BCUT2D eigenvalue weighted by Gasteiger charge is -2.08. The van der Waals surface area contributed by atoms with E-state index in [1.165, 1.54) is 12.8 Å². The molecule has 0 atom stereocenters. The third-order valence-corrected chi connectivity index (χ3v) is 4.87. The number of thiophene rings is 1. The molecule has 0 amide bonds. The molecule has 1 N–H and O–H groups in total. The van der Waals surface area contributed by atoms with E-state index < -0.39 is 0 Å². The summed E-state index contributed by atoms with van der Waals surface area (Å²) in [6, 6.07) is 2.08. The Morgan fingerprint density at radius 3 is 2.78 bits per heavy atom. The fourth-order valence-electron chi connectivity index (χ4n) is 2.56. The standard InChI is InChI=1S/C17H19N5S/c1-2-14-21-16(13-6-8-23-17(13)22-14)18-7-5-11-9-19-15(20-10-11)12-3-4-12/h6,8-10,12H,2-5,7H2,1H3,(H,18,21,22). The molecule has 1 saturated carbocycles. The highest BCUT2D eigenvalue weighted by Crippen LogP contribution is 2.37. The highest BCUT2D eigenvalue weighted by atomic mass is 32.1. The van der Waals surface area contributed by atoms with Crippen molar-refractivity contribution in [2.24, 2.45) is 0 Å². The molecule has 3 aromatic rings. The summed E-state index contributed by atoms with van der Waals surface area (Å²) in [6.45, 7) is 2.90. The van der Waals surface area contributed by atoms with Crippen molar-refractivity contribution < 1.29 is 0 Å². The van der Waals surface area contributed by atoms with Gasteiger partial charge in [-0.15, -0.1) is 11.3 Å². The van der Waals surface area contributed by atoms with Crippen LogP contribution in [0, 0.1) is 0 Å². The Bertz CT molecular complexity index is 807. The van der Waals surface area contributed by atoms with Gasteiger partial charge >= 0.3 is 0 Å². The summed E-state index contributed by atoms with van der Waals surface area (Å²) in [5.41, 5.74) is 1.16. The van der Waals surface area contributed by atoms with Gasteiger partial charge in [0.15, 0.2) is 0 Å². The number of aromatic nitrogens is 4. The molecule has 118 valence electrons. The van der Waals surface area contributed by atoms with E-state index >= 15 is 0 Å². The minimum atomic E-state index is 0.613. The van der Waals surface area contributed by atoms with Crippen molar-refractivity contribution in [1.29, 1.82) is 0 Å². The second-order valence-electron chi connectivity index (χ2n) is 5.88. The number of aryl methyl sites for hydroxylation is 1. The van der Waals surface area contributed by atoms with Crippen molar-refractivity contribution in [3.05, 3.63) is 41.1 Å². The second-order valence-corrected chi connectivity index (χ2v) is 6.78. The first-order valence-corrected chi connectivity index (χ1v) is 9.00. The van der Waals surface area contributed by atoms with E-state index in [0.29, 0.717) is 5.92 Å². The van der Waals surface area contributed by atoms with Crippen molar-refractivity contribution in [3.8, 4) is 0 Å². The van der Waals surface area contributed by atoms with Gasteiger partial charge in [0.1, 0.15) is 22.3 Å². The Hall–Kier alpha value is -2.08. The molecule has 0 aromatic carbocycles. The Morgan fingerprint density at radius 1 is 1.22 bits per heavy atom. The lowest BCUT2D eigenvalue weighted by atomic mass is 10.2. The molecule has 6 heteroatoms. The van der Waals surface area contributed by atoms with Gasteiger partial charge in [-0.3, -0.25) is 0 Å². The summed E-state index contributed by atoms with van der Waals surface area (Å²) in [6.07, 6.45) is 8.14. The summed E-state index contributed by atoms with van der Waals surface area (Å²) in [5.74, 6) is 3.44. The van der Waals surface area contributed by atoms with Crippen LogP contribution in [0.25, 0.3) is 10.2 Å². The Kier molecular flexibility index (Phi) is 3.91. The molecule has 5 nitrogen and oxygen atoms in total. The molecule has 0 radical (unpaired) electrons. The lowest BCUT2D eigenvalue weighted by molar-refractivity contribution is 0.889. The normalized spacial score (nSPS) is 14.3. The molecule has 0 unspecified atom stereocenters. The average Bonchev–Trinajstić information content (AvgIpc) is 3.32. The van der Waals surface area contributed by atoms with Crippen molar-refractivity contribution >= 4 is 27.4 Å². The third-order valence-electron chi connectivity index (χ3n) is 4.06. The van der Waals surface area contributed by atoms with E-state index in [2.05, 4.69) is 43.6 Å². The van der Waals surface area contributed by atoms with Crippen LogP contribution in [0.4, 0.5) is 5.82 Å². The monoisotopic (exact) mass is 325 g/mol. The van der Waals surface area contributed by atoms with Crippen molar-refractivity contribution in [2.45, 2.75) is 38.5 Å². The highest BCUT2D eigenvalue weighted by Gasteiger charge is 2.25. The molecule has 1 aliphatic carbocycles. The average molecular weight is 325 g/mol. The second kappa shape index (κ2) is 6.20. The van der Waals surface area contributed by atoms with Crippen molar-refractivity contribution in [1.82, 2.24) is 19.9 Å².